The minimum Gasteiger partial charge on any atom is -0.507 e. The smallest absolute Gasteiger partial charge is 0.161 e. The largest absolute Gasteiger partial charge is 0.507 e. The summed E-state index contributed by atoms with van der Waals surface area (Å²) in [7, 11) is 0. The summed E-state index contributed by atoms with van der Waals surface area (Å²) in [6.07, 6.45) is 3.96. The van der Waals surface area contributed by atoms with Gasteiger partial charge in [-0.3, -0.25) is 9.78 Å². The lowest BCUT2D eigenvalue weighted by molar-refractivity contribution is -0.114. The van der Waals surface area contributed by atoms with Gasteiger partial charge in [-0.2, -0.15) is 0 Å². The molecule has 4 rings (SSSR count). The van der Waals surface area contributed by atoms with Crippen molar-refractivity contribution >= 4 is 28.3 Å². The number of ketones is 1. The van der Waals surface area contributed by atoms with Crippen molar-refractivity contribution in [1.82, 2.24) is 15.0 Å². The number of phenols is 1. The van der Waals surface area contributed by atoms with Gasteiger partial charge in [-0.05, 0) is 36.4 Å². The summed E-state index contributed by atoms with van der Waals surface area (Å²) in [5, 5.41) is 10.3. The van der Waals surface area contributed by atoms with Gasteiger partial charge < -0.3 is 5.11 Å². The van der Waals surface area contributed by atoms with Crippen LogP contribution in [0.4, 0.5) is 8.78 Å². The van der Waals surface area contributed by atoms with Gasteiger partial charge in [0.1, 0.15) is 23.4 Å². The summed E-state index contributed by atoms with van der Waals surface area (Å²) >= 11 is 6.32. The van der Waals surface area contributed by atoms with Gasteiger partial charge >= 0.3 is 0 Å². The van der Waals surface area contributed by atoms with Crippen LogP contribution in [0, 0.1) is 11.6 Å². The lowest BCUT2D eigenvalue weighted by atomic mass is 9.99. The van der Waals surface area contributed by atoms with Gasteiger partial charge in [-0.15, -0.1) is 0 Å². The fourth-order valence-corrected chi connectivity index (χ4v) is 3.61. The number of allylic oxidation sites excluding steroid dienone is 1. The number of phenolic OH excluding ortho intramolecular Hbond substituents is 1. The van der Waals surface area contributed by atoms with Crippen LogP contribution < -0.4 is 0 Å². The molecule has 0 aliphatic carbocycles. The Morgan fingerprint density at radius 2 is 1.94 bits per heavy atom. The summed E-state index contributed by atoms with van der Waals surface area (Å²) in [4.78, 5) is 24.1. The van der Waals surface area contributed by atoms with E-state index in [1.54, 1.807) is 12.1 Å². The second-order valence-corrected chi connectivity index (χ2v) is 7.09. The minimum absolute atomic E-state index is 0.0617. The van der Waals surface area contributed by atoms with Gasteiger partial charge in [0.2, 0.25) is 0 Å². The SMILES string of the molecule is C=CC(=O)Cc1cc(-c2ncnc3c(F)c(-c4c(O)cccc4F)c(Cl)cc23)ccn1. The maximum absolute atomic E-state index is 15.4. The van der Waals surface area contributed by atoms with Crippen molar-refractivity contribution in [2.45, 2.75) is 6.42 Å². The van der Waals surface area contributed by atoms with Crippen molar-refractivity contribution in [3.63, 3.8) is 0 Å². The molecular formula is C23H14ClF2N3O2. The Morgan fingerprint density at radius 1 is 1.13 bits per heavy atom. The number of aromatic nitrogens is 3. The van der Waals surface area contributed by atoms with Crippen LogP contribution in [0.15, 0.2) is 61.6 Å². The summed E-state index contributed by atoms with van der Waals surface area (Å²) < 4.78 is 29.8. The van der Waals surface area contributed by atoms with Crippen molar-refractivity contribution in [2.75, 3.05) is 0 Å². The molecule has 0 aliphatic rings. The van der Waals surface area contributed by atoms with E-state index >= 15 is 4.39 Å². The number of hydrogen-bond acceptors (Lipinski definition) is 5. The van der Waals surface area contributed by atoms with E-state index in [-0.39, 0.29) is 39.3 Å². The highest BCUT2D eigenvalue weighted by Gasteiger charge is 2.23. The minimum atomic E-state index is -0.886. The number of pyridine rings is 1. The lowest BCUT2D eigenvalue weighted by Crippen LogP contribution is -2.01. The molecule has 0 spiro atoms. The van der Waals surface area contributed by atoms with Gasteiger partial charge in [0, 0.05) is 28.4 Å². The number of carbonyl (C=O) groups is 1. The average Bonchev–Trinajstić information content (AvgIpc) is 2.75. The Labute approximate surface area is 180 Å². The number of halogens is 3. The van der Waals surface area contributed by atoms with E-state index in [1.807, 2.05) is 0 Å². The molecule has 2 aromatic heterocycles. The fourth-order valence-electron chi connectivity index (χ4n) is 3.32. The van der Waals surface area contributed by atoms with Gasteiger partial charge in [-0.25, -0.2) is 18.7 Å². The van der Waals surface area contributed by atoms with Crippen molar-refractivity contribution < 1.29 is 18.7 Å². The van der Waals surface area contributed by atoms with Crippen molar-refractivity contribution in [1.29, 1.82) is 0 Å². The molecule has 0 atom stereocenters. The van der Waals surface area contributed by atoms with Crippen molar-refractivity contribution in [3.05, 3.63) is 83.9 Å². The van der Waals surface area contributed by atoms with E-state index in [1.165, 1.54) is 36.8 Å². The Hall–Kier alpha value is -3.71. The maximum Gasteiger partial charge on any atom is 0.161 e. The highest BCUT2D eigenvalue weighted by molar-refractivity contribution is 6.34. The third-order valence-electron chi connectivity index (χ3n) is 4.74. The molecule has 0 aliphatic heterocycles. The van der Waals surface area contributed by atoms with Crippen LogP contribution in [0.3, 0.4) is 0 Å². The molecule has 0 saturated carbocycles. The predicted octanol–water partition coefficient (Wildman–Crippen LogP) is 5.29. The van der Waals surface area contributed by atoms with Gasteiger partial charge in [0.05, 0.1) is 22.7 Å². The molecule has 154 valence electrons. The highest BCUT2D eigenvalue weighted by Crippen LogP contribution is 2.42. The first-order valence-corrected chi connectivity index (χ1v) is 9.49. The number of hydrogen-bond donors (Lipinski definition) is 1. The molecule has 5 nitrogen and oxygen atoms in total. The molecule has 31 heavy (non-hydrogen) atoms. The number of carbonyl (C=O) groups excluding carboxylic acids is 1. The van der Waals surface area contributed by atoms with E-state index in [0.717, 1.165) is 6.07 Å². The molecule has 0 fully saturated rings. The molecule has 4 aromatic rings. The number of rotatable bonds is 5. The molecule has 1 N–H and O–H groups in total. The molecule has 0 saturated heterocycles. The Morgan fingerprint density at radius 3 is 2.68 bits per heavy atom. The highest BCUT2D eigenvalue weighted by atomic mass is 35.5. The third-order valence-corrected chi connectivity index (χ3v) is 5.03. The number of fused-ring (bicyclic) bond motifs is 1. The van der Waals surface area contributed by atoms with E-state index in [0.29, 0.717) is 17.0 Å². The zero-order valence-corrected chi connectivity index (χ0v) is 16.7. The van der Waals surface area contributed by atoms with Gasteiger partial charge in [-0.1, -0.05) is 24.2 Å². The Bertz CT molecular complexity index is 1340. The van der Waals surface area contributed by atoms with Gasteiger partial charge in [0.25, 0.3) is 0 Å². The zero-order valence-electron chi connectivity index (χ0n) is 15.9. The van der Waals surface area contributed by atoms with Crippen LogP contribution in [0.2, 0.25) is 5.02 Å². The topological polar surface area (TPSA) is 76.0 Å². The van der Waals surface area contributed by atoms with Crippen molar-refractivity contribution in [3.8, 4) is 28.1 Å². The Kier molecular flexibility index (Phi) is 5.44. The average molecular weight is 438 g/mol. The first-order valence-electron chi connectivity index (χ1n) is 9.11. The van der Waals surface area contributed by atoms with Crippen LogP contribution >= 0.6 is 11.6 Å². The normalized spacial score (nSPS) is 10.9. The van der Waals surface area contributed by atoms with E-state index in [9.17, 15) is 14.3 Å². The van der Waals surface area contributed by atoms with E-state index in [2.05, 4.69) is 21.5 Å². The molecule has 0 radical (unpaired) electrons. The second kappa shape index (κ2) is 8.20. The summed E-state index contributed by atoms with van der Waals surface area (Å²) in [5.74, 6) is -2.34. The molecule has 0 unspecified atom stereocenters. The van der Waals surface area contributed by atoms with Crippen LogP contribution in [-0.2, 0) is 11.2 Å². The van der Waals surface area contributed by atoms with Crippen LogP contribution in [-0.4, -0.2) is 25.8 Å². The number of aromatic hydroxyl groups is 1. The third kappa shape index (κ3) is 3.75. The van der Waals surface area contributed by atoms with Gasteiger partial charge in [0.15, 0.2) is 11.6 Å². The zero-order chi connectivity index (χ0) is 22.1. The molecule has 2 heterocycles. The first-order chi connectivity index (χ1) is 14.9. The van der Waals surface area contributed by atoms with Crippen molar-refractivity contribution in [2.24, 2.45) is 0 Å². The summed E-state index contributed by atoms with van der Waals surface area (Å²) in [6, 6.07) is 8.39. The predicted molar refractivity (Wildman–Crippen MR) is 114 cm³/mol. The van der Waals surface area contributed by atoms with Crippen LogP contribution in [0.1, 0.15) is 5.69 Å². The summed E-state index contributed by atoms with van der Waals surface area (Å²) in [6.45, 7) is 3.44. The monoisotopic (exact) mass is 437 g/mol. The maximum atomic E-state index is 15.4. The molecule has 2 aromatic carbocycles. The standard InChI is InChI=1S/C23H14ClF2N3O2/c1-2-14(30)9-13-8-12(6-7-27-13)22-15-10-16(24)19(21(26)23(15)29-11-28-22)20-17(25)4-3-5-18(20)31/h2-8,10-11,31H,1,9H2. The van der Waals surface area contributed by atoms with E-state index < -0.39 is 17.4 Å². The molecule has 0 amide bonds. The lowest BCUT2D eigenvalue weighted by Gasteiger charge is -2.13. The number of benzene rings is 2. The second-order valence-electron chi connectivity index (χ2n) is 6.68. The molecule has 0 bridgehead atoms. The van der Waals surface area contributed by atoms with Crippen LogP contribution in [0.25, 0.3) is 33.3 Å². The summed E-state index contributed by atoms with van der Waals surface area (Å²) in [5.41, 5.74) is 0.708. The quantitative estimate of drug-likeness (QED) is 0.429. The fraction of sp³-hybridized carbons (Fsp3) is 0.0435. The number of nitrogens with zero attached hydrogens (tertiary/aromatic N) is 3. The van der Waals surface area contributed by atoms with E-state index in [4.69, 9.17) is 11.6 Å². The van der Waals surface area contributed by atoms with Crippen LogP contribution in [0.5, 0.6) is 5.75 Å². The Balaban J connectivity index is 1.93. The first kappa shape index (κ1) is 20.6. The molecule has 8 heteroatoms. The molecular weight excluding hydrogens is 424 g/mol.